The number of hydrogen-bond donors (Lipinski definition) is 0. The molecule has 0 aromatic heterocycles. The highest BCUT2D eigenvalue weighted by Crippen LogP contribution is 2.36. The minimum Gasteiger partial charge on any atom is -0.207 e. The lowest BCUT2D eigenvalue weighted by atomic mass is 9.93. The average molecular weight is 305 g/mol. The number of hydrogen-bond acceptors (Lipinski definition) is 2. The topological polar surface area (TPSA) is 37.4 Å². The first-order valence-corrected chi connectivity index (χ1v) is 9.15. The van der Waals surface area contributed by atoms with Gasteiger partial charge in [-0.25, -0.2) is 8.42 Å². The number of sulfonamides is 1. The molecule has 2 atom stereocenters. The maximum atomic E-state index is 12.8. The summed E-state index contributed by atoms with van der Waals surface area (Å²) in [5.74, 6) is 0.885. The van der Waals surface area contributed by atoms with Gasteiger partial charge in [0.05, 0.1) is 4.90 Å². The molecule has 1 fully saturated rings. The molecule has 1 saturated heterocycles. The first kappa shape index (κ1) is 14.8. The predicted octanol–water partition coefficient (Wildman–Crippen LogP) is 3.36. The Bertz CT molecular complexity index is 646. The molecule has 0 N–H and O–H groups in total. The second-order valence-electron chi connectivity index (χ2n) is 6.46. The van der Waals surface area contributed by atoms with Gasteiger partial charge in [0.2, 0.25) is 10.0 Å². The lowest BCUT2D eigenvalue weighted by Gasteiger charge is -2.17. The van der Waals surface area contributed by atoms with Crippen molar-refractivity contribution in [2.45, 2.75) is 38.0 Å². The van der Waals surface area contributed by atoms with E-state index < -0.39 is 10.0 Å². The molecule has 0 bridgehead atoms. The Morgan fingerprint density at radius 3 is 2.52 bits per heavy atom. The molecule has 4 heteroatoms. The first-order valence-electron chi connectivity index (χ1n) is 7.71. The van der Waals surface area contributed by atoms with E-state index in [2.05, 4.69) is 13.0 Å². The van der Waals surface area contributed by atoms with Crippen molar-refractivity contribution in [3.05, 3.63) is 41.5 Å². The molecule has 0 unspecified atom stereocenters. The van der Waals surface area contributed by atoms with Crippen LogP contribution in [0.3, 0.4) is 0 Å². The van der Waals surface area contributed by atoms with Crippen molar-refractivity contribution < 1.29 is 8.42 Å². The summed E-state index contributed by atoms with van der Waals surface area (Å²) in [4.78, 5) is 0.422. The third kappa shape index (κ3) is 2.92. The molecule has 0 spiro atoms. The van der Waals surface area contributed by atoms with E-state index in [0.29, 0.717) is 29.8 Å². The number of allylic oxidation sites excluding steroid dienone is 1. The van der Waals surface area contributed by atoms with Gasteiger partial charge in [0.25, 0.3) is 0 Å². The van der Waals surface area contributed by atoms with Crippen LogP contribution < -0.4 is 0 Å². The number of benzene rings is 1. The molecule has 1 heterocycles. The average Bonchev–Trinajstić information content (AvgIpc) is 2.75. The Hall–Kier alpha value is -1.13. The van der Waals surface area contributed by atoms with E-state index in [4.69, 9.17) is 0 Å². The third-order valence-electron chi connectivity index (χ3n) is 4.76. The molecular weight excluding hydrogens is 282 g/mol. The fourth-order valence-corrected chi connectivity index (χ4v) is 5.03. The van der Waals surface area contributed by atoms with Gasteiger partial charge in [0, 0.05) is 13.1 Å². The van der Waals surface area contributed by atoms with Crippen molar-refractivity contribution >= 4 is 10.0 Å². The monoisotopic (exact) mass is 305 g/mol. The molecule has 1 aliphatic carbocycles. The van der Waals surface area contributed by atoms with E-state index in [9.17, 15) is 8.42 Å². The maximum Gasteiger partial charge on any atom is 0.243 e. The molecular formula is C17H23NO2S. The van der Waals surface area contributed by atoms with E-state index in [-0.39, 0.29) is 0 Å². The first-order chi connectivity index (χ1) is 9.96. The molecule has 0 radical (unpaired) electrons. The Morgan fingerprint density at radius 2 is 1.81 bits per heavy atom. The van der Waals surface area contributed by atoms with Gasteiger partial charge in [-0.2, -0.15) is 4.31 Å². The van der Waals surface area contributed by atoms with Crippen molar-refractivity contribution in [2.75, 3.05) is 13.1 Å². The Labute approximate surface area is 127 Å². The summed E-state index contributed by atoms with van der Waals surface area (Å²) in [6.07, 6.45) is 5.79. The summed E-state index contributed by atoms with van der Waals surface area (Å²) in [6.45, 7) is 5.44. The predicted molar refractivity (Wildman–Crippen MR) is 84.5 cm³/mol. The van der Waals surface area contributed by atoms with Gasteiger partial charge in [0.1, 0.15) is 0 Å². The molecule has 0 amide bonds. The highest BCUT2D eigenvalue weighted by atomic mass is 32.2. The van der Waals surface area contributed by atoms with Gasteiger partial charge in [-0.05, 0) is 57.1 Å². The Balaban J connectivity index is 1.85. The van der Waals surface area contributed by atoms with Gasteiger partial charge in [0.15, 0.2) is 0 Å². The second kappa shape index (κ2) is 5.58. The smallest absolute Gasteiger partial charge is 0.207 e. The van der Waals surface area contributed by atoms with Crippen LogP contribution in [0, 0.1) is 18.8 Å². The molecule has 1 aromatic rings. The molecule has 1 aromatic carbocycles. The highest BCUT2D eigenvalue weighted by Gasteiger charge is 2.38. The molecule has 21 heavy (non-hydrogen) atoms. The fourth-order valence-electron chi connectivity index (χ4n) is 3.50. The molecule has 2 aliphatic rings. The number of rotatable bonds is 2. The SMILES string of the molecule is CC1=C[C@H]2CN(S(=O)(=O)c3ccc(C)cc3)C[C@H]2CCC1. The number of aryl methyl sites for hydroxylation is 1. The zero-order valence-corrected chi connectivity index (χ0v) is 13.6. The highest BCUT2D eigenvalue weighted by molar-refractivity contribution is 7.89. The summed E-state index contributed by atoms with van der Waals surface area (Å²) in [7, 11) is -3.34. The molecule has 0 saturated carbocycles. The van der Waals surface area contributed by atoms with Gasteiger partial charge >= 0.3 is 0 Å². The minimum atomic E-state index is -3.34. The van der Waals surface area contributed by atoms with Gasteiger partial charge in [-0.1, -0.05) is 29.3 Å². The van der Waals surface area contributed by atoms with Crippen molar-refractivity contribution in [3.8, 4) is 0 Å². The number of nitrogens with zero attached hydrogens (tertiary/aromatic N) is 1. The van der Waals surface area contributed by atoms with Gasteiger partial charge in [-0.3, -0.25) is 0 Å². The third-order valence-corrected chi connectivity index (χ3v) is 6.61. The largest absolute Gasteiger partial charge is 0.243 e. The maximum absolute atomic E-state index is 12.8. The number of fused-ring (bicyclic) bond motifs is 1. The minimum absolute atomic E-state index is 0.396. The van der Waals surface area contributed by atoms with Crippen molar-refractivity contribution in [1.82, 2.24) is 4.31 Å². The van der Waals surface area contributed by atoms with Crippen molar-refractivity contribution in [3.63, 3.8) is 0 Å². The van der Waals surface area contributed by atoms with Crippen LogP contribution in [0.2, 0.25) is 0 Å². The quantitative estimate of drug-likeness (QED) is 0.786. The summed E-state index contributed by atoms with van der Waals surface area (Å²) < 4.78 is 27.2. The lowest BCUT2D eigenvalue weighted by molar-refractivity contribution is 0.433. The van der Waals surface area contributed by atoms with Crippen LogP contribution in [0.4, 0.5) is 0 Å². The van der Waals surface area contributed by atoms with Crippen LogP contribution in [0.5, 0.6) is 0 Å². The van der Waals surface area contributed by atoms with E-state index in [1.54, 1.807) is 16.4 Å². The zero-order chi connectivity index (χ0) is 15.0. The van der Waals surface area contributed by atoms with Crippen LogP contribution in [-0.2, 0) is 10.0 Å². The van der Waals surface area contributed by atoms with Crippen molar-refractivity contribution in [1.29, 1.82) is 0 Å². The molecule has 1 aliphatic heterocycles. The van der Waals surface area contributed by atoms with E-state index in [0.717, 1.165) is 18.4 Å². The Kier molecular flexibility index (Phi) is 3.93. The lowest BCUT2D eigenvalue weighted by Crippen LogP contribution is -2.29. The molecule has 114 valence electrons. The van der Waals surface area contributed by atoms with Crippen LogP contribution in [0.25, 0.3) is 0 Å². The zero-order valence-electron chi connectivity index (χ0n) is 12.7. The van der Waals surface area contributed by atoms with Gasteiger partial charge in [-0.15, -0.1) is 0 Å². The standard InChI is InChI=1S/C17H23NO2S/c1-13-6-8-17(9-7-13)21(19,20)18-11-15-5-3-4-14(2)10-16(15)12-18/h6-10,15-16H,3-5,11-12H2,1-2H3/t15-,16+/m1/s1. The fraction of sp³-hybridized carbons (Fsp3) is 0.529. The van der Waals surface area contributed by atoms with Gasteiger partial charge < -0.3 is 0 Å². The normalized spacial score (nSPS) is 27.0. The molecule has 3 rings (SSSR count). The summed E-state index contributed by atoms with van der Waals surface area (Å²) in [6, 6.07) is 7.18. The second-order valence-corrected chi connectivity index (χ2v) is 8.40. The Morgan fingerprint density at radius 1 is 1.10 bits per heavy atom. The van der Waals surface area contributed by atoms with Crippen LogP contribution in [0.1, 0.15) is 31.7 Å². The van der Waals surface area contributed by atoms with E-state index >= 15 is 0 Å². The van der Waals surface area contributed by atoms with Crippen LogP contribution in [0.15, 0.2) is 40.8 Å². The molecule has 3 nitrogen and oxygen atoms in total. The van der Waals surface area contributed by atoms with E-state index in [1.165, 1.54) is 12.0 Å². The van der Waals surface area contributed by atoms with E-state index in [1.807, 2.05) is 19.1 Å². The van der Waals surface area contributed by atoms with Crippen LogP contribution in [-0.4, -0.2) is 25.8 Å². The van der Waals surface area contributed by atoms with Crippen molar-refractivity contribution in [2.24, 2.45) is 11.8 Å². The summed E-state index contributed by atoms with van der Waals surface area (Å²) in [5.41, 5.74) is 2.50. The summed E-state index contributed by atoms with van der Waals surface area (Å²) >= 11 is 0. The van der Waals surface area contributed by atoms with Crippen LogP contribution >= 0.6 is 0 Å². The summed E-state index contributed by atoms with van der Waals surface area (Å²) in [5, 5.41) is 0.